The van der Waals surface area contributed by atoms with Gasteiger partial charge < -0.3 is 9.47 Å². The summed E-state index contributed by atoms with van der Waals surface area (Å²) in [6.45, 7) is 3.86. The first-order chi connectivity index (χ1) is 8.60. The smallest absolute Gasteiger partial charge is 0.141 e. The average molecular weight is 287 g/mol. The number of allylic oxidation sites excluding steroid dienone is 4. The second-order valence-corrected chi connectivity index (χ2v) is 4.28. The zero-order valence-corrected chi connectivity index (χ0v) is 12.4. The predicted octanol–water partition coefficient (Wildman–Crippen LogP) is 4.99. The molecule has 0 fully saturated rings. The van der Waals surface area contributed by atoms with E-state index in [0.717, 1.165) is 11.1 Å². The van der Waals surface area contributed by atoms with Crippen molar-refractivity contribution >= 4 is 28.8 Å². The van der Waals surface area contributed by atoms with Crippen molar-refractivity contribution in [1.82, 2.24) is 0 Å². The van der Waals surface area contributed by atoms with Crippen LogP contribution in [0, 0.1) is 0 Å². The molecule has 1 aromatic carbocycles. The van der Waals surface area contributed by atoms with Gasteiger partial charge in [0.15, 0.2) is 0 Å². The minimum atomic E-state index is 0.481. The van der Waals surface area contributed by atoms with Crippen LogP contribution in [0.4, 0.5) is 0 Å². The van der Waals surface area contributed by atoms with Crippen LogP contribution in [0.25, 0.3) is 5.57 Å². The van der Waals surface area contributed by atoms with E-state index in [2.05, 4.69) is 0 Å². The molecule has 0 spiro atoms. The van der Waals surface area contributed by atoms with Crippen molar-refractivity contribution in [2.24, 2.45) is 0 Å². The van der Waals surface area contributed by atoms with Crippen LogP contribution < -0.4 is 9.47 Å². The van der Waals surface area contributed by atoms with Gasteiger partial charge in [0.25, 0.3) is 0 Å². The molecule has 0 N–H and O–H groups in total. The third-order valence-electron chi connectivity index (χ3n) is 2.52. The molecule has 0 aliphatic rings. The Balaban J connectivity index is 3.59. The van der Waals surface area contributed by atoms with E-state index in [-0.39, 0.29) is 0 Å². The lowest BCUT2D eigenvalue weighted by atomic mass is 10.0. The molecule has 0 aromatic heterocycles. The Labute approximate surface area is 118 Å². The first kappa shape index (κ1) is 14.9. The molecule has 0 bridgehead atoms. The summed E-state index contributed by atoms with van der Waals surface area (Å²) >= 11 is 12.6. The number of halogens is 2. The van der Waals surface area contributed by atoms with Crippen LogP contribution in [0.2, 0.25) is 10.0 Å². The van der Waals surface area contributed by atoms with Gasteiger partial charge in [0, 0.05) is 11.6 Å². The molecule has 98 valence electrons. The molecule has 0 radical (unpaired) electrons. The molecule has 1 aromatic rings. The second kappa shape index (κ2) is 6.72. The monoisotopic (exact) mass is 286 g/mol. The van der Waals surface area contributed by atoms with Crippen LogP contribution in [0.5, 0.6) is 11.5 Å². The van der Waals surface area contributed by atoms with Gasteiger partial charge in [-0.05, 0) is 19.4 Å². The van der Waals surface area contributed by atoms with Crippen molar-refractivity contribution in [3.05, 3.63) is 39.9 Å². The third-order valence-corrected chi connectivity index (χ3v) is 3.27. The summed E-state index contributed by atoms with van der Waals surface area (Å²) in [6.07, 6.45) is 5.80. The fourth-order valence-corrected chi connectivity index (χ4v) is 2.36. The molecule has 2 nitrogen and oxygen atoms in total. The van der Waals surface area contributed by atoms with Crippen LogP contribution in [0.1, 0.15) is 19.4 Å². The number of rotatable bonds is 4. The fourth-order valence-electron chi connectivity index (χ4n) is 1.64. The molecule has 0 atom stereocenters. The van der Waals surface area contributed by atoms with E-state index in [4.69, 9.17) is 32.7 Å². The van der Waals surface area contributed by atoms with Gasteiger partial charge in [-0.25, -0.2) is 0 Å². The zero-order valence-electron chi connectivity index (χ0n) is 10.9. The lowest BCUT2D eigenvalue weighted by molar-refractivity contribution is 0.394. The highest BCUT2D eigenvalue weighted by atomic mass is 35.5. The average Bonchev–Trinajstić information content (AvgIpc) is 2.38. The molecule has 0 aliphatic carbocycles. The minimum absolute atomic E-state index is 0.481. The minimum Gasteiger partial charge on any atom is -0.495 e. The van der Waals surface area contributed by atoms with Gasteiger partial charge in [-0.3, -0.25) is 0 Å². The summed E-state index contributed by atoms with van der Waals surface area (Å²) in [5, 5.41) is 0.962. The van der Waals surface area contributed by atoms with Crippen molar-refractivity contribution in [2.45, 2.75) is 13.8 Å². The van der Waals surface area contributed by atoms with E-state index in [0.29, 0.717) is 21.5 Å². The SMILES string of the molecule is CC=CC(=CC)c1c(Cl)c(OC)cc(OC)c1Cl. The Kier molecular flexibility index (Phi) is 5.57. The largest absolute Gasteiger partial charge is 0.495 e. The number of hydrogen-bond donors (Lipinski definition) is 0. The van der Waals surface area contributed by atoms with E-state index < -0.39 is 0 Å². The number of ether oxygens (including phenoxy) is 2. The lowest BCUT2D eigenvalue weighted by Crippen LogP contribution is -1.95. The van der Waals surface area contributed by atoms with Crippen LogP contribution >= 0.6 is 23.2 Å². The van der Waals surface area contributed by atoms with Crippen molar-refractivity contribution in [1.29, 1.82) is 0 Å². The van der Waals surface area contributed by atoms with Crippen LogP contribution in [0.15, 0.2) is 24.3 Å². The Bertz CT molecular complexity index is 463. The summed E-state index contributed by atoms with van der Waals surface area (Å²) in [5.74, 6) is 1.08. The van der Waals surface area contributed by atoms with E-state index in [1.807, 2.05) is 32.1 Å². The number of hydrogen-bond acceptors (Lipinski definition) is 2. The van der Waals surface area contributed by atoms with Gasteiger partial charge >= 0.3 is 0 Å². The number of methoxy groups -OCH3 is 2. The summed E-state index contributed by atoms with van der Waals surface area (Å²) in [6, 6.07) is 1.68. The fraction of sp³-hybridized carbons (Fsp3) is 0.286. The van der Waals surface area contributed by atoms with Crippen LogP contribution in [-0.4, -0.2) is 14.2 Å². The Hall–Kier alpha value is -1.12. The summed E-state index contributed by atoms with van der Waals surface area (Å²) in [5.41, 5.74) is 1.64. The maximum Gasteiger partial charge on any atom is 0.141 e. The van der Waals surface area contributed by atoms with E-state index in [9.17, 15) is 0 Å². The molecule has 18 heavy (non-hydrogen) atoms. The summed E-state index contributed by atoms with van der Waals surface area (Å²) in [4.78, 5) is 0. The van der Waals surface area contributed by atoms with Gasteiger partial charge in [0.2, 0.25) is 0 Å². The van der Waals surface area contributed by atoms with Crippen molar-refractivity contribution in [3.8, 4) is 11.5 Å². The highest BCUT2D eigenvalue weighted by Crippen LogP contribution is 2.43. The van der Waals surface area contributed by atoms with Gasteiger partial charge in [-0.15, -0.1) is 0 Å². The predicted molar refractivity (Wildman–Crippen MR) is 78.0 cm³/mol. The van der Waals surface area contributed by atoms with Crippen molar-refractivity contribution in [3.63, 3.8) is 0 Å². The number of benzene rings is 1. The summed E-state index contributed by atoms with van der Waals surface area (Å²) in [7, 11) is 3.12. The summed E-state index contributed by atoms with van der Waals surface area (Å²) < 4.78 is 10.5. The molecule has 0 aliphatic heterocycles. The van der Waals surface area contributed by atoms with E-state index in [1.165, 1.54) is 0 Å². The zero-order chi connectivity index (χ0) is 13.7. The first-order valence-corrected chi connectivity index (χ1v) is 6.25. The van der Waals surface area contributed by atoms with Gasteiger partial charge in [-0.1, -0.05) is 41.4 Å². The molecule has 1 rings (SSSR count). The van der Waals surface area contributed by atoms with E-state index >= 15 is 0 Å². The molecule has 0 saturated carbocycles. The Morgan fingerprint density at radius 3 is 1.89 bits per heavy atom. The third kappa shape index (κ3) is 2.82. The van der Waals surface area contributed by atoms with Gasteiger partial charge in [0.05, 0.1) is 24.3 Å². The normalized spacial score (nSPS) is 12.0. The molecule has 0 amide bonds. The molecule has 0 heterocycles. The second-order valence-electron chi connectivity index (χ2n) is 3.53. The van der Waals surface area contributed by atoms with Crippen molar-refractivity contribution < 1.29 is 9.47 Å². The molecule has 0 unspecified atom stereocenters. The molecule has 0 saturated heterocycles. The van der Waals surface area contributed by atoms with Gasteiger partial charge in [0.1, 0.15) is 11.5 Å². The van der Waals surface area contributed by atoms with Crippen LogP contribution in [0.3, 0.4) is 0 Å². The maximum atomic E-state index is 6.31. The van der Waals surface area contributed by atoms with Crippen LogP contribution in [-0.2, 0) is 0 Å². The highest BCUT2D eigenvalue weighted by molar-refractivity contribution is 6.39. The Morgan fingerprint density at radius 1 is 1.06 bits per heavy atom. The standard InChI is InChI=1S/C14H16Cl2O2/c1-5-7-9(6-2)12-13(15)10(17-3)8-11(18-4)14(12)16/h5-8H,1-4H3. The van der Waals surface area contributed by atoms with E-state index in [1.54, 1.807) is 20.3 Å². The first-order valence-electron chi connectivity index (χ1n) is 5.50. The van der Waals surface area contributed by atoms with Gasteiger partial charge in [-0.2, -0.15) is 0 Å². The Morgan fingerprint density at radius 2 is 1.56 bits per heavy atom. The molecular formula is C14H16Cl2O2. The van der Waals surface area contributed by atoms with Crippen molar-refractivity contribution in [2.75, 3.05) is 14.2 Å². The highest BCUT2D eigenvalue weighted by Gasteiger charge is 2.18. The quantitative estimate of drug-likeness (QED) is 0.726. The topological polar surface area (TPSA) is 18.5 Å². The lowest BCUT2D eigenvalue weighted by Gasteiger charge is -2.15. The molecule has 4 heteroatoms. The molecular weight excluding hydrogens is 271 g/mol. The maximum absolute atomic E-state index is 6.31.